The van der Waals surface area contributed by atoms with Gasteiger partial charge in [-0.2, -0.15) is 5.26 Å². The van der Waals surface area contributed by atoms with Crippen molar-refractivity contribution in [3.8, 4) is 6.07 Å². The first kappa shape index (κ1) is 15.4. The Morgan fingerprint density at radius 1 is 1.47 bits per heavy atom. The Labute approximate surface area is 103 Å². The maximum atomic E-state index is 11.8. The van der Waals surface area contributed by atoms with E-state index in [0.29, 0.717) is 13.0 Å². The van der Waals surface area contributed by atoms with Crippen LogP contribution in [-0.4, -0.2) is 36.3 Å². The molecule has 0 aromatic carbocycles. The predicted molar refractivity (Wildman–Crippen MR) is 64.9 cm³/mol. The molecular weight excluding hydrogens is 218 g/mol. The highest BCUT2D eigenvalue weighted by Crippen LogP contribution is 2.19. The van der Waals surface area contributed by atoms with Gasteiger partial charge in [0, 0.05) is 13.6 Å². The fourth-order valence-electron chi connectivity index (χ4n) is 1.19. The van der Waals surface area contributed by atoms with E-state index >= 15 is 0 Å². The highest BCUT2D eigenvalue weighted by atomic mass is 16.2. The molecule has 0 aliphatic heterocycles. The highest BCUT2D eigenvalue weighted by Gasteiger charge is 2.33. The number of rotatable bonds is 5. The number of likely N-dealkylation sites (N-methyl/N-ethyl adjacent to an activating group) is 1. The van der Waals surface area contributed by atoms with E-state index in [1.54, 1.807) is 27.8 Å². The Balaban J connectivity index is 4.61. The van der Waals surface area contributed by atoms with Crippen molar-refractivity contribution >= 4 is 11.8 Å². The summed E-state index contributed by atoms with van der Waals surface area (Å²) < 4.78 is 0. The van der Waals surface area contributed by atoms with Gasteiger partial charge in [-0.15, -0.1) is 0 Å². The summed E-state index contributed by atoms with van der Waals surface area (Å²) in [5.41, 5.74) is -1.07. The van der Waals surface area contributed by atoms with Crippen molar-refractivity contribution in [3.05, 3.63) is 0 Å². The summed E-state index contributed by atoms with van der Waals surface area (Å²) in [6, 6.07) is 1.37. The quantitative estimate of drug-likeness (QED) is 0.775. The van der Waals surface area contributed by atoms with Gasteiger partial charge >= 0.3 is 0 Å². The molecule has 0 radical (unpaired) electrons. The van der Waals surface area contributed by atoms with Crippen LogP contribution in [0.4, 0.5) is 0 Å². The zero-order chi connectivity index (χ0) is 13.6. The van der Waals surface area contributed by atoms with Crippen LogP contribution < -0.4 is 5.32 Å². The van der Waals surface area contributed by atoms with Crippen LogP contribution in [0, 0.1) is 16.7 Å². The molecule has 96 valence electrons. The zero-order valence-electron chi connectivity index (χ0n) is 11.2. The largest absolute Gasteiger partial charge is 0.344 e. The monoisotopic (exact) mass is 239 g/mol. The van der Waals surface area contributed by atoms with E-state index < -0.39 is 17.4 Å². The van der Waals surface area contributed by atoms with Gasteiger partial charge in [-0.3, -0.25) is 9.59 Å². The van der Waals surface area contributed by atoms with Crippen LogP contribution in [0.25, 0.3) is 0 Å². The lowest BCUT2D eigenvalue weighted by atomic mass is 9.88. The highest BCUT2D eigenvalue weighted by molar-refractivity contribution is 5.90. The Hall–Kier alpha value is -1.57. The molecule has 5 heteroatoms. The van der Waals surface area contributed by atoms with E-state index in [0.717, 1.165) is 0 Å². The Bertz CT molecular complexity index is 335. The molecule has 0 aliphatic carbocycles. The maximum Gasteiger partial charge on any atom is 0.244 e. The summed E-state index contributed by atoms with van der Waals surface area (Å²) in [4.78, 5) is 25.1. The van der Waals surface area contributed by atoms with E-state index in [9.17, 15) is 9.59 Å². The Morgan fingerprint density at radius 3 is 2.35 bits per heavy atom. The van der Waals surface area contributed by atoms with Gasteiger partial charge in [0.05, 0.1) is 6.07 Å². The molecule has 0 spiro atoms. The average Bonchev–Trinajstić information content (AvgIpc) is 2.35. The first-order valence-electron chi connectivity index (χ1n) is 5.79. The Kier molecular flexibility index (Phi) is 5.66. The number of carbonyl (C=O) groups is 2. The number of nitriles is 1. The second kappa shape index (κ2) is 6.24. The molecule has 0 rings (SSSR count). The van der Waals surface area contributed by atoms with Gasteiger partial charge in [-0.1, -0.05) is 6.92 Å². The summed E-state index contributed by atoms with van der Waals surface area (Å²) >= 11 is 0. The van der Waals surface area contributed by atoms with E-state index in [-0.39, 0.29) is 5.91 Å². The minimum atomic E-state index is -1.07. The van der Waals surface area contributed by atoms with Crippen molar-refractivity contribution < 1.29 is 9.59 Å². The van der Waals surface area contributed by atoms with E-state index in [1.807, 2.05) is 13.0 Å². The molecular formula is C12H21N3O2. The first-order valence-corrected chi connectivity index (χ1v) is 5.79. The minimum absolute atomic E-state index is 0.155. The number of hydrogen-bond acceptors (Lipinski definition) is 3. The first-order chi connectivity index (χ1) is 7.82. The smallest absolute Gasteiger partial charge is 0.244 e. The molecule has 0 saturated heterocycles. The van der Waals surface area contributed by atoms with Gasteiger partial charge in [0.2, 0.25) is 11.8 Å². The predicted octanol–water partition coefficient (Wildman–Crippen LogP) is 0.909. The summed E-state index contributed by atoms with van der Waals surface area (Å²) in [5, 5.41) is 11.5. The molecule has 2 atom stereocenters. The number of nitrogens with one attached hydrogen (secondary N) is 1. The fraction of sp³-hybridized carbons (Fsp3) is 0.750. The van der Waals surface area contributed by atoms with Crippen LogP contribution in [0.3, 0.4) is 0 Å². The van der Waals surface area contributed by atoms with Gasteiger partial charge < -0.3 is 10.2 Å². The summed E-state index contributed by atoms with van der Waals surface area (Å²) in [5.74, 6) is -0.551. The topological polar surface area (TPSA) is 73.2 Å². The second-order valence-electron chi connectivity index (χ2n) is 4.35. The molecule has 2 unspecified atom stereocenters. The number of carbonyl (C=O) groups excluding carboxylic acids is 2. The third-order valence-corrected chi connectivity index (χ3v) is 3.02. The molecule has 0 aromatic rings. The average molecular weight is 239 g/mol. The van der Waals surface area contributed by atoms with Crippen LogP contribution in [0.1, 0.15) is 34.1 Å². The lowest BCUT2D eigenvalue weighted by molar-refractivity contribution is -0.136. The van der Waals surface area contributed by atoms with E-state index in [2.05, 4.69) is 5.32 Å². The number of hydrogen-bond donors (Lipinski definition) is 1. The summed E-state index contributed by atoms with van der Waals surface area (Å²) in [7, 11) is 1.67. The molecule has 0 saturated carbocycles. The van der Waals surface area contributed by atoms with Crippen molar-refractivity contribution in [2.45, 2.75) is 40.2 Å². The lowest BCUT2D eigenvalue weighted by Gasteiger charge is -2.24. The second-order valence-corrected chi connectivity index (χ2v) is 4.35. The van der Waals surface area contributed by atoms with Crippen molar-refractivity contribution in [1.82, 2.24) is 10.2 Å². The zero-order valence-corrected chi connectivity index (χ0v) is 11.2. The third-order valence-electron chi connectivity index (χ3n) is 3.02. The molecule has 0 aliphatic rings. The van der Waals surface area contributed by atoms with Crippen LogP contribution in [0.15, 0.2) is 0 Å². The van der Waals surface area contributed by atoms with Crippen LogP contribution in [0.5, 0.6) is 0 Å². The standard InChI is InChI=1S/C12H21N3O2/c1-6-12(4,8-13)11(17)14-9(3)10(16)15(5)7-2/h9H,6-7H2,1-5H3,(H,14,17). The van der Waals surface area contributed by atoms with Crippen molar-refractivity contribution in [1.29, 1.82) is 5.26 Å². The summed E-state index contributed by atoms with van der Waals surface area (Å²) in [6.07, 6.45) is 0.417. The van der Waals surface area contributed by atoms with Crippen molar-refractivity contribution in [2.75, 3.05) is 13.6 Å². The molecule has 0 fully saturated rings. The molecule has 0 aromatic heterocycles. The normalized spacial score (nSPS) is 15.3. The summed E-state index contributed by atoms with van der Waals surface area (Å²) in [6.45, 7) is 7.41. The van der Waals surface area contributed by atoms with Crippen molar-refractivity contribution in [2.24, 2.45) is 5.41 Å². The molecule has 2 amide bonds. The van der Waals surface area contributed by atoms with Crippen LogP contribution in [0.2, 0.25) is 0 Å². The van der Waals surface area contributed by atoms with Crippen LogP contribution >= 0.6 is 0 Å². The van der Waals surface area contributed by atoms with E-state index in [4.69, 9.17) is 5.26 Å². The van der Waals surface area contributed by atoms with Gasteiger partial charge in [-0.25, -0.2) is 0 Å². The third kappa shape index (κ3) is 3.74. The molecule has 17 heavy (non-hydrogen) atoms. The van der Waals surface area contributed by atoms with Crippen molar-refractivity contribution in [3.63, 3.8) is 0 Å². The minimum Gasteiger partial charge on any atom is -0.344 e. The molecule has 0 bridgehead atoms. The molecule has 0 heterocycles. The SMILES string of the molecule is CCN(C)C(=O)C(C)NC(=O)C(C)(C#N)CC. The molecule has 5 nitrogen and oxygen atoms in total. The van der Waals surface area contributed by atoms with Gasteiger partial charge in [0.1, 0.15) is 11.5 Å². The maximum absolute atomic E-state index is 11.8. The molecule has 1 N–H and O–H groups in total. The van der Waals surface area contributed by atoms with Crippen LogP contribution in [-0.2, 0) is 9.59 Å². The fourth-order valence-corrected chi connectivity index (χ4v) is 1.19. The number of amides is 2. The van der Waals surface area contributed by atoms with E-state index in [1.165, 1.54) is 4.90 Å². The van der Waals surface area contributed by atoms with Gasteiger partial charge in [0.15, 0.2) is 0 Å². The Morgan fingerprint density at radius 2 is 2.00 bits per heavy atom. The lowest BCUT2D eigenvalue weighted by Crippen LogP contribution is -2.49. The number of nitrogens with zero attached hydrogens (tertiary/aromatic N) is 2. The van der Waals surface area contributed by atoms with Gasteiger partial charge in [0.25, 0.3) is 0 Å². The van der Waals surface area contributed by atoms with Gasteiger partial charge in [-0.05, 0) is 27.2 Å².